The van der Waals surface area contributed by atoms with E-state index in [0.29, 0.717) is 6.07 Å². The monoisotopic (exact) mass is 692 g/mol. The molecule has 1 heterocycles. The van der Waals surface area contributed by atoms with Gasteiger partial charge in [-0.05, 0) is 22.6 Å². The molecule has 0 nitrogen and oxygen atoms in total. The Kier molecular flexibility index (Phi) is 7.82. The molecule has 0 aromatic heterocycles. The molecule has 244 valence electrons. The van der Waals surface area contributed by atoms with Gasteiger partial charge in [0, 0.05) is 16.5 Å². The van der Waals surface area contributed by atoms with Crippen molar-refractivity contribution in [1.29, 1.82) is 0 Å². The van der Waals surface area contributed by atoms with Crippen molar-refractivity contribution >= 4 is 46.2 Å². The zero-order chi connectivity index (χ0) is 35.3. The summed E-state index contributed by atoms with van der Waals surface area (Å²) in [6, 6.07) is 4.80. The van der Waals surface area contributed by atoms with E-state index in [4.69, 9.17) is 0 Å². The first kappa shape index (κ1) is 33.0. The van der Waals surface area contributed by atoms with E-state index in [0.717, 1.165) is 24.3 Å². The Labute approximate surface area is 257 Å². The zero-order valence-corrected chi connectivity index (χ0v) is 22.7. The first-order valence-electron chi connectivity index (χ1n) is 13.0. The summed E-state index contributed by atoms with van der Waals surface area (Å²) in [4.78, 5) is 0. The lowest BCUT2D eigenvalue weighted by molar-refractivity contribution is 0.382. The van der Waals surface area contributed by atoms with E-state index in [1.165, 1.54) is 0 Å². The van der Waals surface area contributed by atoms with Crippen LogP contribution < -0.4 is 32.8 Å². The van der Waals surface area contributed by atoms with Crippen molar-refractivity contribution < 1.29 is 70.2 Å². The predicted octanol–water partition coefficient (Wildman–Crippen LogP) is 4.93. The minimum absolute atomic E-state index is 0.178. The molecule has 0 aliphatic carbocycles. The lowest BCUT2D eigenvalue weighted by Gasteiger charge is -2.25. The van der Waals surface area contributed by atoms with Gasteiger partial charge in [-0.15, -0.1) is 0 Å². The van der Waals surface area contributed by atoms with E-state index in [1.54, 1.807) is 0 Å². The topological polar surface area (TPSA) is 0 Å². The van der Waals surface area contributed by atoms with Crippen LogP contribution in [0.25, 0.3) is 11.1 Å². The summed E-state index contributed by atoms with van der Waals surface area (Å²) < 4.78 is 238. The second-order valence-electron chi connectivity index (χ2n) is 10.3. The lowest BCUT2D eigenvalue weighted by atomic mass is 9.29. The second-order valence-corrected chi connectivity index (χ2v) is 10.3. The van der Waals surface area contributed by atoms with Crippen LogP contribution in [0.5, 0.6) is 0 Å². The largest absolute Gasteiger partial charge is 0.260 e. The first-order chi connectivity index (χ1) is 22.5. The molecule has 1 aliphatic rings. The highest BCUT2D eigenvalue weighted by Crippen LogP contribution is 2.31. The molecule has 0 bridgehead atoms. The van der Waals surface area contributed by atoms with E-state index >= 15 is 30.7 Å². The minimum Gasteiger partial charge on any atom is -0.204 e. The first-order valence-corrected chi connectivity index (χ1v) is 13.0. The van der Waals surface area contributed by atoms with Gasteiger partial charge in [0.2, 0.25) is 6.71 Å². The standard InChI is InChI=1S/C30H6B2F16/c33-10-6-5-9(31-8-4-2-1-3-7(8)11-13(31)18(36)24(42)23(41)17(11)35)12(16(10)34)32(14-19(37)25(43)29(47)26(44)20(14)38)15-21(39)27(45)30(48)28(46)22(15)40/h1-6H. The molecule has 6 rings (SSSR count). The third-order valence-corrected chi connectivity index (χ3v) is 7.96. The smallest absolute Gasteiger partial charge is 0.204 e. The van der Waals surface area contributed by atoms with Gasteiger partial charge in [-0.2, -0.15) is 0 Å². The summed E-state index contributed by atoms with van der Waals surface area (Å²) in [5, 5.41) is 0. The average Bonchev–Trinajstić information content (AvgIpc) is 3.42. The molecule has 0 N–H and O–H groups in total. The molecule has 5 aromatic carbocycles. The Bertz CT molecular complexity index is 2110. The van der Waals surface area contributed by atoms with Gasteiger partial charge in [-0.3, -0.25) is 0 Å². The van der Waals surface area contributed by atoms with Crippen molar-refractivity contribution in [1.82, 2.24) is 0 Å². The number of halogens is 16. The Hall–Kier alpha value is -4.89. The highest BCUT2D eigenvalue weighted by Gasteiger charge is 2.47. The molecule has 0 saturated carbocycles. The molecular weight excluding hydrogens is 686 g/mol. The highest BCUT2D eigenvalue weighted by molar-refractivity contribution is 7.05. The van der Waals surface area contributed by atoms with Crippen molar-refractivity contribution in [2.45, 2.75) is 0 Å². The summed E-state index contributed by atoms with van der Waals surface area (Å²) in [6.45, 7) is -5.95. The molecule has 0 fully saturated rings. The molecule has 0 spiro atoms. The van der Waals surface area contributed by atoms with Crippen LogP contribution in [0.4, 0.5) is 70.2 Å². The summed E-state index contributed by atoms with van der Waals surface area (Å²) in [5.74, 6) is -42.9. The van der Waals surface area contributed by atoms with Crippen LogP contribution in [0.2, 0.25) is 0 Å². The molecule has 0 unspecified atom stereocenters. The Balaban J connectivity index is 1.85. The van der Waals surface area contributed by atoms with E-state index in [2.05, 4.69) is 0 Å². The van der Waals surface area contributed by atoms with Crippen molar-refractivity contribution in [3.8, 4) is 11.1 Å². The quantitative estimate of drug-likeness (QED) is 0.107. The number of benzene rings is 5. The average molecular weight is 692 g/mol. The minimum atomic E-state index is -3.68. The molecular formula is C30H6B2F16. The molecule has 1 aliphatic heterocycles. The van der Waals surface area contributed by atoms with Gasteiger partial charge in [0.1, 0.15) is 0 Å². The lowest BCUT2D eigenvalue weighted by Crippen LogP contribution is -2.67. The third-order valence-electron chi connectivity index (χ3n) is 7.96. The number of hydrogen-bond donors (Lipinski definition) is 0. The fraction of sp³-hybridized carbons (Fsp3) is 0. The van der Waals surface area contributed by atoms with Crippen LogP contribution in [0.3, 0.4) is 0 Å². The van der Waals surface area contributed by atoms with Gasteiger partial charge in [-0.1, -0.05) is 41.3 Å². The van der Waals surface area contributed by atoms with Crippen LogP contribution in [-0.4, -0.2) is 13.4 Å². The number of fused-ring (bicyclic) bond motifs is 3. The van der Waals surface area contributed by atoms with Crippen LogP contribution in [0.15, 0.2) is 36.4 Å². The van der Waals surface area contributed by atoms with E-state index in [1.807, 2.05) is 0 Å². The van der Waals surface area contributed by atoms with Gasteiger partial charge in [0.05, 0.1) is 0 Å². The van der Waals surface area contributed by atoms with E-state index in [-0.39, 0.29) is 6.07 Å². The molecule has 0 atom stereocenters. The Morgan fingerprint density at radius 1 is 0.354 bits per heavy atom. The maximum atomic E-state index is 16.0. The van der Waals surface area contributed by atoms with E-state index < -0.39 is 150 Å². The van der Waals surface area contributed by atoms with Gasteiger partial charge in [0.15, 0.2) is 93.1 Å². The zero-order valence-electron chi connectivity index (χ0n) is 22.7. The fourth-order valence-corrected chi connectivity index (χ4v) is 5.95. The molecule has 0 saturated heterocycles. The number of rotatable bonds is 4. The van der Waals surface area contributed by atoms with Gasteiger partial charge >= 0.3 is 0 Å². The second kappa shape index (κ2) is 11.4. The van der Waals surface area contributed by atoms with Crippen molar-refractivity contribution in [3.05, 3.63) is 129 Å². The number of hydrogen-bond acceptors (Lipinski definition) is 0. The maximum Gasteiger partial charge on any atom is 0.260 e. The van der Waals surface area contributed by atoms with E-state index in [9.17, 15) is 39.5 Å². The van der Waals surface area contributed by atoms with Gasteiger partial charge in [0.25, 0.3) is 6.71 Å². The SMILES string of the molecule is Fc1ccc(B2c3ccccc3-c3c(F)c(F)c(F)c(F)c32)c(B(c2c(F)c(F)c(F)c(F)c2F)c2c(F)c(F)c(F)c(F)c2F)c1F. The molecule has 48 heavy (non-hydrogen) atoms. The molecule has 0 radical (unpaired) electrons. The van der Waals surface area contributed by atoms with Crippen molar-refractivity contribution in [2.75, 3.05) is 0 Å². The summed E-state index contributed by atoms with van der Waals surface area (Å²) in [5.41, 5.74) is -11.2. The fourth-order valence-electron chi connectivity index (χ4n) is 5.95. The highest BCUT2D eigenvalue weighted by atomic mass is 19.2. The molecule has 18 heteroatoms. The predicted molar refractivity (Wildman–Crippen MR) is 140 cm³/mol. The summed E-state index contributed by atoms with van der Waals surface area (Å²) >= 11 is 0. The van der Waals surface area contributed by atoms with Crippen LogP contribution in [-0.2, 0) is 0 Å². The van der Waals surface area contributed by atoms with Crippen LogP contribution >= 0.6 is 0 Å². The van der Waals surface area contributed by atoms with Gasteiger partial charge in [-0.25, -0.2) is 70.2 Å². The molecule has 5 aromatic rings. The Morgan fingerprint density at radius 2 is 0.771 bits per heavy atom. The van der Waals surface area contributed by atoms with Gasteiger partial charge < -0.3 is 0 Å². The third kappa shape index (κ3) is 4.36. The van der Waals surface area contributed by atoms with Crippen molar-refractivity contribution in [2.24, 2.45) is 0 Å². The maximum absolute atomic E-state index is 16.0. The molecule has 0 amide bonds. The Morgan fingerprint density at radius 3 is 1.27 bits per heavy atom. The van der Waals surface area contributed by atoms with Crippen molar-refractivity contribution in [3.63, 3.8) is 0 Å². The summed E-state index contributed by atoms with van der Waals surface area (Å²) in [7, 11) is 0. The van der Waals surface area contributed by atoms with Crippen LogP contribution in [0.1, 0.15) is 0 Å². The summed E-state index contributed by atoms with van der Waals surface area (Å²) in [6.07, 6.45) is 0. The normalized spacial score (nSPS) is 12.1. The van der Waals surface area contributed by atoms with Crippen LogP contribution in [0, 0.1) is 93.1 Å².